The zero-order chi connectivity index (χ0) is 15.5. The molecule has 22 heavy (non-hydrogen) atoms. The molecule has 0 aromatic carbocycles. The molecule has 2 N–H and O–H groups in total. The molecule has 1 heterocycles. The first-order chi connectivity index (χ1) is 10.7. The second kappa shape index (κ2) is 7.28. The predicted octanol–water partition coefficient (Wildman–Crippen LogP) is 1.81. The van der Waals surface area contributed by atoms with Crippen molar-refractivity contribution < 1.29 is 14.3 Å². The third kappa shape index (κ3) is 3.31. The van der Waals surface area contributed by atoms with Gasteiger partial charge in [-0.3, -0.25) is 10.1 Å². The maximum atomic E-state index is 12.4. The fourth-order valence-corrected chi connectivity index (χ4v) is 4.52. The van der Waals surface area contributed by atoms with Crippen molar-refractivity contribution in [3.8, 4) is 0 Å². The van der Waals surface area contributed by atoms with Gasteiger partial charge in [-0.1, -0.05) is 12.8 Å². The van der Waals surface area contributed by atoms with Crippen molar-refractivity contribution in [2.24, 2.45) is 11.8 Å². The molecule has 6 atom stereocenters. The summed E-state index contributed by atoms with van der Waals surface area (Å²) in [5.74, 6) is 0.880. The highest BCUT2D eigenvalue weighted by molar-refractivity contribution is 5.80. The number of carbonyl (C=O) groups excluding carboxylic acids is 1. The number of amides is 1. The van der Waals surface area contributed by atoms with E-state index in [1.807, 2.05) is 6.92 Å². The molecule has 0 aromatic heterocycles. The highest BCUT2D eigenvalue weighted by Crippen LogP contribution is 2.34. The molecular formula is C17H30N2O3. The molecular weight excluding hydrogens is 280 g/mol. The lowest BCUT2D eigenvalue weighted by Crippen LogP contribution is -2.65. The van der Waals surface area contributed by atoms with Crippen LogP contribution in [0.3, 0.4) is 0 Å². The lowest BCUT2D eigenvalue weighted by atomic mass is 9.78. The SMILES string of the molecule is CCOC1CCC(C2NC(=O)C3CCCCC3N2)CC1OC. The second-order valence-corrected chi connectivity index (χ2v) is 6.99. The second-order valence-electron chi connectivity index (χ2n) is 6.99. The summed E-state index contributed by atoms with van der Waals surface area (Å²) in [7, 11) is 1.77. The normalized spacial score (nSPS) is 42.5. The minimum absolute atomic E-state index is 0.104. The van der Waals surface area contributed by atoms with E-state index in [2.05, 4.69) is 10.6 Å². The molecule has 6 unspecified atom stereocenters. The third-order valence-corrected chi connectivity index (χ3v) is 5.72. The third-order valence-electron chi connectivity index (χ3n) is 5.72. The van der Waals surface area contributed by atoms with E-state index in [1.54, 1.807) is 7.11 Å². The first kappa shape index (κ1) is 16.2. The Morgan fingerprint density at radius 1 is 1.14 bits per heavy atom. The number of ether oxygens (including phenoxy) is 2. The Morgan fingerprint density at radius 3 is 2.73 bits per heavy atom. The van der Waals surface area contributed by atoms with Gasteiger partial charge in [0.25, 0.3) is 0 Å². The average Bonchev–Trinajstić information content (AvgIpc) is 2.55. The van der Waals surface area contributed by atoms with Crippen LogP contribution in [0.15, 0.2) is 0 Å². The number of nitrogens with one attached hydrogen (secondary N) is 2. The minimum Gasteiger partial charge on any atom is -0.379 e. The molecule has 0 bridgehead atoms. The smallest absolute Gasteiger partial charge is 0.225 e. The van der Waals surface area contributed by atoms with Gasteiger partial charge in [0, 0.05) is 19.8 Å². The van der Waals surface area contributed by atoms with Crippen LogP contribution < -0.4 is 10.6 Å². The summed E-state index contributed by atoms with van der Waals surface area (Å²) in [6.45, 7) is 2.77. The van der Waals surface area contributed by atoms with Crippen LogP contribution in [-0.2, 0) is 14.3 Å². The summed E-state index contributed by atoms with van der Waals surface area (Å²) >= 11 is 0. The van der Waals surface area contributed by atoms with Gasteiger partial charge in [0.1, 0.15) is 0 Å². The van der Waals surface area contributed by atoms with Crippen LogP contribution in [0.4, 0.5) is 0 Å². The number of hydrogen-bond acceptors (Lipinski definition) is 4. The Balaban J connectivity index is 1.61. The van der Waals surface area contributed by atoms with Crippen LogP contribution in [0.1, 0.15) is 51.9 Å². The van der Waals surface area contributed by atoms with Gasteiger partial charge in [-0.25, -0.2) is 0 Å². The van der Waals surface area contributed by atoms with E-state index in [-0.39, 0.29) is 30.2 Å². The van der Waals surface area contributed by atoms with Crippen molar-refractivity contribution in [1.29, 1.82) is 0 Å². The first-order valence-corrected chi connectivity index (χ1v) is 8.93. The molecule has 0 spiro atoms. The summed E-state index contributed by atoms with van der Waals surface area (Å²) in [6.07, 6.45) is 8.10. The van der Waals surface area contributed by atoms with Gasteiger partial charge in [0.15, 0.2) is 0 Å². The van der Waals surface area contributed by atoms with Crippen LogP contribution in [-0.4, -0.2) is 44.0 Å². The average molecular weight is 310 g/mol. The largest absolute Gasteiger partial charge is 0.379 e. The number of methoxy groups -OCH3 is 1. The van der Waals surface area contributed by atoms with Crippen LogP contribution in [0, 0.1) is 11.8 Å². The molecule has 5 nitrogen and oxygen atoms in total. The van der Waals surface area contributed by atoms with E-state index in [0.29, 0.717) is 12.0 Å². The first-order valence-electron chi connectivity index (χ1n) is 8.93. The van der Waals surface area contributed by atoms with Crippen LogP contribution in [0.25, 0.3) is 0 Å². The Kier molecular flexibility index (Phi) is 5.37. The van der Waals surface area contributed by atoms with Crippen molar-refractivity contribution in [2.45, 2.75) is 76.3 Å². The molecule has 3 fully saturated rings. The summed E-state index contributed by atoms with van der Waals surface area (Å²) in [6, 6.07) is 0.373. The Bertz CT molecular complexity index is 390. The van der Waals surface area contributed by atoms with E-state index in [0.717, 1.165) is 38.7 Å². The summed E-state index contributed by atoms with van der Waals surface area (Å²) in [4.78, 5) is 12.4. The van der Waals surface area contributed by atoms with Gasteiger partial charge >= 0.3 is 0 Å². The van der Waals surface area contributed by atoms with Gasteiger partial charge < -0.3 is 14.8 Å². The van der Waals surface area contributed by atoms with Gasteiger partial charge in [-0.05, 0) is 44.9 Å². The van der Waals surface area contributed by atoms with Crippen molar-refractivity contribution in [1.82, 2.24) is 10.6 Å². The van der Waals surface area contributed by atoms with E-state index in [4.69, 9.17) is 9.47 Å². The molecule has 1 aliphatic heterocycles. The molecule has 126 valence electrons. The van der Waals surface area contributed by atoms with Crippen molar-refractivity contribution >= 4 is 5.91 Å². The quantitative estimate of drug-likeness (QED) is 0.831. The van der Waals surface area contributed by atoms with Crippen molar-refractivity contribution in [3.63, 3.8) is 0 Å². The number of hydrogen-bond donors (Lipinski definition) is 2. The monoisotopic (exact) mass is 310 g/mol. The molecule has 0 radical (unpaired) electrons. The summed E-state index contributed by atoms with van der Waals surface area (Å²) in [5.41, 5.74) is 0. The zero-order valence-electron chi connectivity index (χ0n) is 13.8. The lowest BCUT2D eigenvalue weighted by Gasteiger charge is -2.45. The lowest BCUT2D eigenvalue weighted by molar-refractivity contribution is -0.133. The zero-order valence-corrected chi connectivity index (χ0v) is 13.8. The van der Waals surface area contributed by atoms with Gasteiger partial charge in [-0.2, -0.15) is 0 Å². The Morgan fingerprint density at radius 2 is 1.95 bits per heavy atom. The number of rotatable bonds is 4. The van der Waals surface area contributed by atoms with Gasteiger partial charge in [0.05, 0.1) is 24.3 Å². The molecule has 0 aromatic rings. The fourth-order valence-electron chi connectivity index (χ4n) is 4.52. The minimum atomic E-state index is 0.104. The van der Waals surface area contributed by atoms with Gasteiger partial charge in [0.2, 0.25) is 5.91 Å². The molecule has 3 rings (SSSR count). The maximum absolute atomic E-state index is 12.4. The summed E-state index contributed by atoms with van der Waals surface area (Å²) < 4.78 is 11.4. The molecule has 1 saturated heterocycles. The van der Waals surface area contributed by atoms with E-state index >= 15 is 0 Å². The Labute approximate surface area is 133 Å². The van der Waals surface area contributed by atoms with Gasteiger partial charge in [-0.15, -0.1) is 0 Å². The number of fused-ring (bicyclic) bond motifs is 1. The highest BCUT2D eigenvalue weighted by atomic mass is 16.5. The fraction of sp³-hybridized carbons (Fsp3) is 0.941. The van der Waals surface area contributed by atoms with Crippen LogP contribution >= 0.6 is 0 Å². The predicted molar refractivity (Wildman–Crippen MR) is 84.4 cm³/mol. The van der Waals surface area contributed by atoms with Crippen LogP contribution in [0.2, 0.25) is 0 Å². The molecule has 5 heteroatoms. The summed E-state index contributed by atoms with van der Waals surface area (Å²) in [5, 5.41) is 6.95. The Hall–Kier alpha value is -0.650. The van der Waals surface area contributed by atoms with Crippen molar-refractivity contribution in [2.75, 3.05) is 13.7 Å². The van der Waals surface area contributed by atoms with E-state index < -0.39 is 0 Å². The van der Waals surface area contributed by atoms with Crippen LogP contribution in [0.5, 0.6) is 0 Å². The molecule has 3 aliphatic rings. The van der Waals surface area contributed by atoms with E-state index in [1.165, 1.54) is 12.8 Å². The van der Waals surface area contributed by atoms with E-state index in [9.17, 15) is 4.79 Å². The maximum Gasteiger partial charge on any atom is 0.225 e. The van der Waals surface area contributed by atoms with Crippen molar-refractivity contribution in [3.05, 3.63) is 0 Å². The standard InChI is InChI=1S/C17H30N2O3/c1-3-22-14-9-8-11(10-15(14)21-2)16-18-13-7-5-4-6-12(13)17(20)19-16/h11-16,18H,3-10H2,1-2H3,(H,19,20). The molecule has 2 saturated carbocycles. The molecule has 2 aliphatic carbocycles. The topological polar surface area (TPSA) is 59.6 Å². The highest BCUT2D eigenvalue weighted by Gasteiger charge is 2.42. The number of carbonyl (C=O) groups is 1. The molecule has 1 amide bonds.